The van der Waals surface area contributed by atoms with E-state index in [4.69, 9.17) is 5.73 Å². The molecule has 4 heteroatoms. The van der Waals surface area contributed by atoms with E-state index in [1.807, 2.05) is 13.8 Å². The number of carbonyl (C=O) groups is 1. The number of hydrogen-bond acceptors (Lipinski definition) is 3. The van der Waals surface area contributed by atoms with Gasteiger partial charge in [0.25, 0.3) is 0 Å². The van der Waals surface area contributed by atoms with Crippen molar-refractivity contribution in [2.75, 3.05) is 19.6 Å². The first-order valence-electron chi connectivity index (χ1n) is 7.32. The van der Waals surface area contributed by atoms with Crippen LogP contribution in [0.4, 0.5) is 0 Å². The van der Waals surface area contributed by atoms with Crippen LogP contribution in [-0.4, -0.2) is 42.0 Å². The minimum atomic E-state index is -0.565. The molecule has 0 aromatic rings. The molecular formula is C14H29N3O. The maximum absolute atomic E-state index is 11.6. The Bertz CT molecular complexity index is 270. The van der Waals surface area contributed by atoms with Gasteiger partial charge in [0.15, 0.2) is 0 Å². The summed E-state index contributed by atoms with van der Waals surface area (Å²) in [6.07, 6.45) is 5.92. The topological polar surface area (TPSA) is 58.4 Å². The van der Waals surface area contributed by atoms with Crippen molar-refractivity contribution >= 4 is 5.91 Å². The SMILES string of the molecule is CCNC(C)(CCN1CCCCC1CC)C(N)=O. The normalized spacial score (nSPS) is 24.7. The zero-order valence-corrected chi connectivity index (χ0v) is 12.2. The lowest BCUT2D eigenvalue weighted by Crippen LogP contribution is -2.55. The van der Waals surface area contributed by atoms with Crippen LogP contribution >= 0.6 is 0 Å². The van der Waals surface area contributed by atoms with E-state index in [0.29, 0.717) is 6.04 Å². The molecule has 1 amide bonds. The molecule has 18 heavy (non-hydrogen) atoms. The Morgan fingerprint density at radius 1 is 1.44 bits per heavy atom. The molecule has 1 aliphatic rings. The maximum Gasteiger partial charge on any atom is 0.237 e. The second-order valence-corrected chi connectivity index (χ2v) is 5.57. The second-order valence-electron chi connectivity index (χ2n) is 5.57. The van der Waals surface area contributed by atoms with Crippen LogP contribution in [0.3, 0.4) is 0 Å². The summed E-state index contributed by atoms with van der Waals surface area (Å²) in [7, 11) is 0. The Kier molecular flexibility index (Phi) is 6.09. The van der Waals surface area contributed by atoms with Gasteiger partial charge in [-0.3, -0.25) is 4.79 Å². The minimum absolute atomic E-state index is 0.241. The van der Waals surface area contributed by atoms with Crippen LogP contribution in [0.25, 0.3) is 0 Å². The first-order chi connectivity index (χ1) is 8.53. The molecular weight excluding hydrogens is 226 g/mol. The minimum Gasteiger partial charge on any atom is -0.368 e. The Labute approximate surface area is 111 Å². The first-order valence-corrected chi connectivity index (χ1v) is 7.32. The standard InChI is InChI=1S/C14H29N3O/c1-4-12-8-6-7-10-17(12)11-9-14(3,13(15)18)16-5-2/h12,16H,4-11H2,1-3H3,(H2,15,18). The van der Waals surface area contributed by atoms with E-state index in [0.717, 1.165) is 19.5 Å². The predicted molar refractivity (Wildman–Crippen MR) is 75.4 cm³/mol. The lowest BCUT2D eigenvalue weighted by Gasteiger charge is -2.37. The Balaban J connectivity index is 2.52. The van der Waals surface area contributed by atoms with Crippen LogP contribution in [0, 0.1) is 0 Å². The molecule has 0 radical (unpaired) electrons. The summed E-state index contributed by atoms with van der Waals surface area (Å²) in [4.78, 5) is 14.1. The number of likely N-dealkylation sites (tertiary alicyclic amines) is 1. The second kappa shape index (κ2) is 7.10. The van der Waals surface area contributed by atoms with Gasteiger partial charge in [0, 0.05) is 12.6 Å². The number of amides is 1. The number of piperidine rings is 1. The van der Waals surface area contributed by atoms with Crippen molar-refractivity contribution in [1.82, 2.24) is 10.2 Å². The number of nitrogens with one attached hydrogen (secondary N) is 1. The molecule has 0 aromatic heterocycles. The van der Waals surface area contributed by atoms with Gasteiger partial charge < -0.3 is 16.0 Å². The van der Waals surface area contributed by atoms with Gasteiger partial charge in [-0.2, -0.15) is 0 Å². The third-order valence-electron chi connectivity index (χ3n) is 4.23. The molecule has 1 fully saturated rings. The molecule has 0 spiro atoms. The molecule has 2 unspecified atom stereocenters. The molecule has 4 nitrogen and oxygen atoms in total. The largest absolute Gasteiger partial charge is 0.368 e. The highest BCUT2D eigenvalue weighted by molar-refractivity contribution is 5.84. The zero-order chi connectivity index (χ0) is 13.6. The summed E-state index contributed by atoms with van der Waals surface area (Å²) in [5.41, 5.74) is 4.95. The molecule has 2 atom stereocenters. The van der Waals surface area contributed by atoms with Crippen molar-refractivity contribution < 1.29 is 4.79 Å². The smallest absolute Gasteiger partial charge is 0.237 e. The first kappa shape index (κ1) is 15.4. The molecule has 1 aliphatic heterocycles. The average molecular weight is 255 g/mol. The third-order valence-corrected chi connectivity index (χ3v) is 4.23. The molecule has 0 aromatic carbocycles. The predicted octanol–water partition coefficient (Wildman–Crippen LogP) is 1.49. The van der Waals surface area contributed by atoms with Crippen molar-refractivity contribution in [3.05, 3.63) is 0 Å². The molecule has 0 bridgehead atoms. The lowest BCUT2D eigenvalue weighted by atomic mass is 9.94. The Morgan fingerprint density at radius 2 is 2.17 bits per heavy atom. The summed E-state index contributed by atoms with van der Waals surface area (Å²) >= 11 is 0. The highest BCUT2D eigenvalue weighted by Gasteiger charge is 2.31. The highest BCUT2D eigenvalue weighted by Crippen LogP contribution is 2.21. The van der Waals surface area contributed by atoms with Crippen molar-refractivity contribution in [2.45, 2.75) is 64.5 Å². The van der Waals surface area contributed by atoms with Crippen molar-refractivity contribution in [1.29, 1.82) is 0 Å². The van der Waals surface area contributed by atoms with Crippen LogP contribution in [0.1, 0.15) is 52.9 Å². The Hall–Kier alpha value is -0.610. The van der Waals surface area contributed by atoms with Crippen molar-refractivity contribution in [3.63, 3.8) is 0 Å². The molecule has 1 saturated heterocycles. The van der Waals surface area contributed by atoms with E-state index in [1.54, 1.807) is 0 Å². The van der Waals surface area contributed by atoms with Crippen molar-refractivity contribution in [3.8, 4) is 0 Å². The van der Waals surface area contributed by atoms with Crippen LogP contribution in [0.5, 0.6) is 0 Å². The van der Waals surface area contributed by atoms with Gasteiger partial charge in [0.2, 0.25) is 5.91 Å². The summed E-state index contributed by atoms with van der Waals surface area (Å²) in [6.45, 7) is 9.09. The number of likely N-dealkylation sites (N-methyl/N-ethyl adjacent to an activating group) is 1. The fraction of sp³-hybridized carbons (Fsp3) is 0.929. The van der Waals surface area contributed by atoms with E-state index in [-0.39, 0.29) is 5.91 Å². The van der Waals surface area contributed by atoms with Gasteiger partial charge in [-0.15, -0.1) is 0 Å². The fourth-order valence-electron chi connectivity index (χ4n) is 2.87. The number of nitrogens with zero attached hydrogens (tertiary/aromatic N) is 1. The maximum atomic E-state index is 11.6. The molecule has 1 heterocycles. The van der Waals surface area contributed by atoms with E-state index < -0.39 is 5.54 Å². The molecule has 1 rings (SSSR count). The highest BCUT2D eigenvalue weighted by atomic mass is 16.1. The molecule has 3 N–H and O–H groups in total. The van der Waals surface area contributed by atoms with E-state index in [1.165, 1.54) is 32.2 Å². The summed E-state index contributed by atoms with van der Waals surface area (Å²) in [5, 5.41) is 3.23. The van der Waals surface area contributed by atoms with Crippen LogP contribution in [0.15, 0.2) is 0 Å². The van der Waals surface area contributed by atoms with E-state index in [9.17, 15) is 4.79 Å². The van der Waals surface area contributed by atoms with E-state index >= 15 is 0 Å². The Morgan fingerprint density at radius 3 is 2.72 bits per heavy atom. The third kappa shape index (κ3) is 3.95. The molecule has 0 saturated carbocycles. The van der Waals surface area contributed by atoms with Gasteiger partial charge in [0.1, 0.15) is 0 Å². The number of nitrogens with two attached hydrogens (primary N) is 1. The van der Waals surface area contributed by atoms with Gasteiger partial charge in [-0.25, -0.2) is 0 Å². The summed E-state index contributed by atoms with van der Waals surface area (Å²) in [6, 6.07) is 0.692. The van der Waals surface area contributed by atoms with Gasteiger partial charge in [-0.1, -0.05) is 20.3 Å². The summed E-state index contributed by atoms with van der Waals surface area (Å²) < 4.78 is 0. The summed E-state index contributed by atoms with van der Waals surface area (Å²) in [5.74, 6) is -0.241. The number of hydrogen-bond donors (Lipinski definition) is 2. The van der Waals surface area contributed by atoms with E-state index in [2.05, 4.69) is 17.1 Å². The van der Waals surface area contributed by atoms with Gasteiger partial charge >= 0.3 is 0 Å². The fourth-order valence-corrected chi connectivity index (χ4v) is 2.87. The van der Waals surface area contributed by atoms with Gasteiger partial charge in [-0.05, 0) is 45.7 Å². The average Bonchev–Trinajstić information content (AvgIpc) is 2.37. The number of carbonyl (C=O) groups excluding carboxylic acids is 1. The number of rotatable bonds is 7. The van der Waals surface area contributed by atoms with Crippen LogP contribution in [-0.2, 0) is 4.79 Å². The quantitative estimate of drug-likeness (QED) is 0.725. The van der Waals surface area contributed by atoms with Crippen LogP contribution in [0.2, 0.25) is 0 Å². The number of primary amides is 1. The van der Waals surface area contributed by atoms with Gasteiger partial charge in [0.05, 0.1) is 5.54 Å². The van der Waals surface area contributed by atoms with Crippen molar-refractivity contribution in [2.24, 2.45) is 5.73 Å². The zero-order valence-electron chi connectivity index (χ0n) is 12.2. The van der Waals surface area contributed by atoms with Crippen LogP contribution < -0.4 is 11.1 Å². The molecule has 106 valence electrons. The lowest BCUT2D eigenvalue weighted by molar-refractivity contribution is -0.124. The molecule has 0 aliphatic carbocycles. The monoisotopic (exact) mass is 255 g/mol.